The van der Waals surface area contributed by atoms with Crippen molar-refractivity contribution in [3.05, 3.63) is 36.8 Å². The Hall–Kier alpha value is -1.91. The lowest BCUT2D eigenvalue weighted by molar-refractivity contribution is 0.788. The second-order valence-corrected chi connectivity index (χ2v) is 2.17. The van der Waals surface area contributed by atoms with E-state index in [9.17, 15) is 0 Å². The molecular formula is C7H7N5. The molecule has 5 nitrogen and oxygen atoms in total. The Morgan fingerprint density at radius 3 is 2.92 bits per heavy atom. The van der Waals surface area contributed by atoms with Crippen LogP contribution in [-0.2, 0) is 0 Å². The van der Waals surface area contributed by atoms with Gasteiger partial charge in [-0.15, -0.1) is 5.10 Å². The Kier molecular flexibility index (Phi) is 1.69. The SMILES string of the molecule is c1cnnc(Nn2cccn2)c1. The lowest BCUT2D eigenvalue weighted by atomic mass is 10.5. The monoisotopic (exact) mass is 161 g/mol. The quantitative estimate of drug-likeness (QED) is 0.698. The van der Waals surface area contributed by atoms with Gasteiger partial charge >= 0.3 is 0 Å². The van der Waals surface area contributed by atoms with Crippen LogP contribution in [0.2, 0.25) is 0 Å². The summed E-state index contributed by atoms with van der Waals surface area (Å²) in [5.41, 5.74) is 2.92. The minimum absolute atomic E-state index is 0.668. The van der Waals surface area contributed by atoms with Crippen LogP contribution in [0.5, 0.6) is 0 Å². The second kappa shape index (κ2) is 3.00. The van der Waals surface area contributed by atoms with Gasteiger partial charge in [0.25, 0.3) is 0 Å². The van der Waals surface area contributed by atoms with Gasteiger partial charge in [0, 0.05) is 12.4 Å². The molecule has 0 saturated carbocycles. The predicted octanol–water partition coefficient (Wildman–Crippen LogP) is 0.548. The average Bonchev–Trinajstić information content (AvgIpc) is 2.59. The molecule has 0 fully saturated rings. The summed E-state index contributed by atoms with van der Waals surface area (Å²) < 4.78 is 0. The summed E-state index contributed by atoms with van der Waals surface area (Å²) in [5, 5.41) is 11.5. The number of rotatable bonds is 2. The molecule has 60 valence electrons. The molecule has 2 aromatic heterocycles. The molecule has 12 heavy (non-hydrogen) atoms. The van der Waals surface area contributed by atoms with Gasteiger partial charge in [-0.25, -0.2) is 0 Å². The Labute approximate surface area is 69.0 Å². The third kappa shape index (κ3) is 1.39. The lowest BCUT2D eigenvalue weighted by Crippen LogP contribution is -2.10. The molecule has 0 atom stereocenters. The lowest BCUT2D eigenvalue weighted by Gasteiger charge is -2.01. The molecule has 0 aliphatic carbocycles. The van der Waals surface area contributed by atoms with Gasteiger partial charge in [0.05, 0.1) is 6.20 Å². The van der Waals surface area contributed by atoms with E-state index in [4.69, 9.17) is 0 Å². The normalized spacial score (nSPS) is 9.67. The molecule has 2 heterocycles. The summed E-state index contributed by atoms with van der Waals surface area (Å²) in [6.07, 6.45) is 5.09. The van der Waals surface area contributed by atoms with E-state index in [1.54, 1.807) is 29.4 Å². The van der Waals surface area contributed by atoms with E-state index in [0.717, 1.165) is 0 Å². The maximum absolute atomic E-state index is 3.95. The van der Waals surface area contributed by atoms with Crippen LogP contribution >= 0.6 is 0 Å². The van der Waals surface area contributed by atoms with Gasteiger partial charge in [-0.3, -0.25) is 5.43 Å². The third-order valence-electron chi connectivity index (χ3n) is 1.31. The summed E-state index contributed by atoms with van der Waals surface area (Å²) in [4.78, 5) is 1.56. The van der Waals surface area contributed by atoms with Crippen molar-refractivity contribution in [1.29, 1.82) is 0 Å². The molecular weight excluding hydrogens is 154 g/mol. The molecule has 0 aromatic carbocycles. The van der Waals surface area contributed by atoms with Crippen molar-refractivity contribution in [3.8, 4) is 0 Å². The van der Waals surface area contributed by atoms with E-state index in [0.29, 0.717) is 5.82 Å². The summed E-state index contributed by atoms with van der Waals surface area (Å²) in [6.45, 7) is 0. The highest BCUT2D eigenvalue weighted by Crippen LogP contribution is 1.97. The fourth-order valence-corrected chi connectivity index (χ4v) is 0.813. The zero-order valence-corrected chi connectivity index (χ0v) is 6.25. The van der Waals surface area contributed by atoms with Crippen LogP contribution in [0.4, 0.5) is 5.82 Å². The van der Waals surface area contributed by atoms with E-state index in [1.165, 1.54) is 0 Å². The number of nitrogens with one attached hydrogen (secondary N) is 1. The molecule has 0 aliphatic rings. The summed E-state index contributed by atoms with van der Waals surface area (Å²) >= 11 is 0. The fraction of sp³-hybridized carbons (Fsp3) is 0. The number of hydrogen-bond donors (Lipinski definition) is 1. The minimum Gasteiger partial charge on any atom is -0.260 e. The first-order valence-corrected chi connectivity index (χ1v) is 3.49. The third-order valence-corrected chi connectivity index (χ3v) is 1.31. The van der Waals surface area contributed by atoms with Gasteiger partial charge in [0.2, 0.25) is 0 Å². The standard InChI is InChI=1S/C7H7N5/c1-3-7(10-8-4-1)11-12-6-2-5-9-12/h1-6H,(H,10,11). The van der Waals surface area contributed by atoms with E-state index in [1.807, 2.05) is 12.1 Å². The molecule has 0 aliphatic heterocycles. The maximum Gasteiger partial charge on any atom is 0.168 e. The van der Waals surface area contributed by atoms with Gasteiger partial charge in [0.15, 0.2) is 5.82 Å². The predicted molar refractivity (Wildman–Crippen MR) is 43.3 cm³/mol. The van der Waals surface area contributed by atoms with Gasteiger partial charge < -0.3 is 0 Å². The van der Waals surface area contributed by atoms with Gasteiger partial charge in [-0.1, -0.05) is 0 Å². The smallest absolute Gasteiger partial charge is 0.168 e. The highest BCUT2D eigenvalue weighted by atomic mass is 15.6. The van der Waals surface area contributed by atoms with Gasteiger partial charge in [-0.05, 0) is 18.2 Å². The second-order valence-electron chi connectivity index (χ2n) is 2.17. The Morgan fingerprint density at radius 1 is 1.25 bits per heavy atom. The Morgan fingerprint density at radius 2 is 2.25 bits per heavy atom. The topological polar surface area (TPSA) is 55.6 Å². The van der Waals surface area contributed by atoms with Crippen LogP contribution in [0.25, 0.3) is 0 Å². The largest absolute Gasteiger partial charge is 0.260 e. The first kappa shape index (κ1) is 6.78. The minimum atomic E-state index is 0.668. The highest BCUT2D eigenvalue weighted by Gasteiger charge is 1.91. The van der Waals surface area contributed by atoms with Crippen molar-refractivity contribution in [2.75, 3.05) is 5.43 Å². The Balaban J connectivity index is 2.15. The number of aromatic nitrogens is 4. The molecule has 0 spiro atoms. The number of nitrogens with zero attached hydrogens (tertiary/aromatic N) is 4. The van der Waals surface area contributed by atoms with E-state index < -0.39 is 0 Å². The molecule has 5 heteroatoms. The zero-order valence-electron chi connectivity index (χ0n) is 6.25. The molecule has 0 amide bonds. The van der Waals surface area contributed by atoms with Crippen molar-refractivity contribution in [2.24, 2.45) is 0 Å². The molecule has 0 bridgehead atoms. The molecule has 0 radical (unpaired) electrons. The Bertz CT molecular complexity index is 328. The van der Waals surface area contributed by atoms with Crippen molar-refractivity contribution in [2.45, 2.75) is 0 Å². The van der Waals surface area contributed by atoms with Crippen LogP contribution in [0, 0.1) is 0 Å². The molecule has 1 N–H and O–H groups in total. The molecule has 0 saturated heterocycles. The van der Waals surface area contributed by atoms with Crippen LogP contribution in [-0.4, -0.2) is 20.1 Å². The van der Waals surface area contributed by atoms with Crippen LogP contribution < -0.4 is 5.43 Å². The van der Waals surface area contributed by atoms with Crippen LogP contribution in [0.1, 0.15) is 0 Å². The van der Waals surface area contributed by atoms with Gasteiger partial charge in [-0.2, -0.15) is 15.0 Å². The molecule has 2 rings (SSSR count). The average molecular weight is 161 g/mol. The van der Waals surface area contributed by atoms with Crippen molar-refractivity contribution in [3.63, 3.8) is 0 Å². The highest BCUT2D eigenvalue weighted by molar-refractivity contribution is 5.30. The molecule has 2 aromatic rings. The van der Waals surface area contributed by atoms with Crippen molar-refractivity contribution in [1.82, 2.24) is 20.1 Å². The van der Waals surface area contributed by atoms with Crippen molar-refractivity contribution >= 4 is 5.82 Å². The number of anilines is 1. The summed E-state index contributed by atoms with van der Waals surface area (Å²) in [6, 6.07) is 5.44. The maximum atomic E-state index is 3.95. The first-order chi connectivity index (χ1) is 5.95. The first-order valence-electron chi connectivity index (χ1n) is 3.49. The number of hydrogen-bond acceptors (Lipinski definition) is 4. The molecule has 0 unspecified atom stereocenters. The zero-order chi connectivity index (χ0) is 8.23. The van der Waals surface area contributed by atoms with E-state index in [-0.39, 0.29) is 0 Å². The fourth-order valence-electron chi connectivity index (χ4n) is 0.813. The van der Waals surface area contributed by atoms with E-state index in [2.05, 4.69) is 20.7 Å². The van der Waals surface area contributed by atoms with E-state index >= 15 is 0 Å². The summed E-state index contributed by atoms with van der Waals surface area (Å²) in [5.74, 6) is 0.668. The van der Waals surface area contributed by atoms with Gasteiger partial charge in [0.1, 0.15) is 0 Å². The van der Waals surface area contributed by atoms with Crippen LogP contribution in [0.3, 0.4) is 0 Å². The summed E-state index contributed by atoms with van der Waals surface area (Å²) in [7, 11) is 0. The van der Waals surface area contributed by atoms with Crippen LogP contribution in [0.15, 0.2) is 36.8 Å². The van der Waals surface area contributed by atoms with Crippen molar-refractivity contribution < 1.29 is 0 Å².